The predicted octanol–water partition coefficient (Wildman–Crippen LogP) is 3.23. The molecule has 0 aliphatic carbocycles. The Bertz CT molecular complexity index is 782. The van der Waals surface area contributed by atoms with Crippen LogP contribution in [-0.4, -0.2) is 35.6 Å². The summed E-state index contributed by atoms with van der Waals surface area (Å²) in [5.41, 5.74) is 2.49. The summed E-state index contributed by atoms with van der Waals surface area (Å²) in [5, 5.41) is 15.9. The number of nitrogens with one attached hydrogen (secondary N) is 2. The zero-order chi connectivity index (χ0) is 18.4. The van der Waals surface area contributed by atoms with E-state index in [9.17, 15) is 0 Å². The number of hydrogen-bond acceptors (Lipinski definition) is 6. The highest BCUT2D eigenvalue weighted by Crippen LogP contribution is 2.23. The molecule has 1 aromatic heterocycles. The standard InChI is InChI=1S/C20H26N6/c1-3-6-16-12-19(26-10-9-18(14-26)22-4-2)25-20(23-16)24-17-8-5-7-15(11-17)13-21/h5,7-8,11-12,18,22H,3-4,6,9-10,14H2,1-2H3,(H,23,24,25). The van der Waals surface area contributed by atoms with E-state index in [0.29, 0.717) is 17.6 Å². The number of rotatable bonds is 7. The topological polar surface area (TPSA) is 76.9 Å². The highest BCUT2D eigenvalue weighted by atomic mass is 15.3. The first-order valence-electron chi connectivity index (χ1n) is 9.35. The van der Waals surface area contributed by atoms with Crippen LogP contribution in [0.5, 0.6) is 0 Å². The Labute approximate surface area is 155 Å². The highest BCUT2D eigenvalue weighted by Gasteiger charge is 2.23. The van der Waals surface area contributed by atoms with Crippen LogP contribution < -0.4 is 15.5 Å². The van der Waals surface area contributed by atoms with E-state index >= 15 is 0 Å². The SMILES string of the molecule is CCCc1cc(N2CCC(NCC)C2)nc(Nc2cccc(C#N)c2)n1. The third kappa shape index (κ3) is 4.50. The summed E-state index contributed by atoms with van der Waals surface area (Å²) in [6.07, 6.45) is 3.10. The van der Waals surface area contributed by atoms with Gasteiger partial charge in [-0.15, -0.1) is 0 Å². The minimum Gasteiger partial charge on any atom is -0.355 e. The molecule has 0 amide bonds. The number of benzene rings is 1. The number of aromatic nitrogens is 2. The molecule has 0 saturated carbocycles. The highest BCUT2D eigenvalue weighted by molar-refractivity contribution is 5.58. The first-order valence-corrected chi connectivity index (χ1v) is 9.35. The van der Waals surface area contributed by atoms with Gasteiger partial charge in [-0.1, -0.05) is 26.3 Å². The van der Waals surface area contributed by atoms with Crippen LogP contribution in [0.25, 0.3) is 0 Å². The molecular weight excluding hydrogens is 324 g/mol. The van der Waals surface area contributed by atoms with E-state index in [-0.39, 0.29) is 0 Å². The molecule has 26 heavy (non-hydrogen) atoms. The molecule has 3 rings (SSSR count). The molecule has 1 aliphatic rings. The van der Waals surface area contributed by atoms with E-state index in [1.54, 1.807) is 6.07 Å². The number of nitriles is 1. The third-order valence-corrected chi connectivity index (χ3v) is 4.52. The van der Waals surface area contributed by atoms with Crippen molar-refractivity contribution in [2.75, 3.05) is 29.9 Å². The summed E-state index contributed by atoms with van der Waals surface area (Å²) in [6, 6.07) is 12.2. The van der Waals surface area contributed by atoms with Crippen LogP contribution in [0, 0.1) is 11.3 Å². The van der Waals surface area contributed by atoms with Crippen LogP contribution in [0.15, 0.2) is 30.3 Å². The van der Waals surface area contributed by atoms with Crippen molar-refractivity contribution in [2.45, 2.75) is 39.2 Å². The number of nitrogens with zero attached hydrogens (tertiary/aromatic N) is 4. The molecule has 0 radical (unpaired) electrons. The molecular formula is C20H26N6. The van der Waals surface area contributed by atoms with Crippen molar-refractivity contribution >= 4 is 17.5 Å². The predicted molar refractivity (Wildman–Crippen MR) is 105 cm³/mol. The van der Waals surface area contributed by atoms with E-state index < -0.39 is 0 Å². The first-order chi connectivity index (χ1) is 12.7. The van der Waals surface area contributed by atoms with Crippen LogP contribution in [0.2, 0.25) is 0 Å². The van der Waals surface area contributed by atoms with Gasteiger partial charge in [0.05, 0.1) is 11.6 Å². The molecule has 6 heteroatoms. The van der Waals surface area contributed by atoms with E-state index in [4.69, 9.17) is 10.2 Å². The summed E-state index contributed by atoms with van der Waals surface area (Å²) < 4.78 is 0. The number of hydrogen-bond donors (Lipinski definition) is 2. The van der Waals surface area contributed by atoms with Gasteiger partial charge in [0.1, 0.15) is 5.82 Å². The molecule has 1 aromatic carbocycles. The minimum absolute atomic E-state index is 0.522. The number of likely N-dealkylation sites (N-methyl/N-ethyl adjacent to an activating group) is 1. The Morgan fingerprint density at radius 2 is 2.15 bits per heavy atom. The Morgan fingerprint density at radius 3 is 2.92 bits per heavy atom. The summed E-state index contributed by atoms with van der Waals surface area (Å²) in [7, 11) is 0. The lowest BCUT2D eigenvalue weighted by Gasteiger charge is -2.19. The minimum atomic E-state index is 0.522. The normalized spacial score (nSPS) is 16.5. The monoisotopic (exact) mass is 350 g/mol. The van der Waals surface area contributed by atoms with Crippen molar-refractivity contribution in [3.63, 3.8) is 0 Å². The Hall–Kier alpha value is -2.65. The second kappa shape index (κ2) is 8.63. The Balaban J connectivity index is 1.83. The van der Waals surface area contributed by atoms with Crippen LogP contribution in [0.1, 0.15) is 37.9 Å². The van der Waals surface area contributed by atoms with Crippen molar-refractivity contribution in [2.24, 2.45) is 0 Å². The molecule has 1 fully saturated rings. The van der Waals surface area contributed by atoms with Crippen LogP contribution in [-0.2, 0) is 6.42 Å². The maximum Gasteiger partial charge on any atom is 0.229 e. The second-order valence-electron chi connectivity index (χ2n) is 6.60. The smallest absolute Gasteiger partial charge is 0.229 e. The fourth-order valence-corrected chi connectivity index (χ4v) is 3.30. The van der Waals surface area contributed by atoms with Gasteiger partial charge in [-0.05, 0) is 37.6 Å². The van der Waals surface area contributed by atoms with E-state index in [2.05, 4.69) is 46.5 Å². The maximum atomic E-state index is 9.08. The van der Waals surface area contributed by atoms with Crippen molar-refractivity contribution in [3.8, 4) is 6.07 Å². The van der Waals surface area contributed by atoms with Crippen molar-refractivity contribution in [1.82, 2.24) is 15.3 Å². The van der Waals surface area contributed by atoms with Gasteiger partial charge in [-0.3, -0.25) is 0 Å². The van der Waals surface area contributed by atoms with Crippen molar-refractivity contribution in [1.29, 1.82) is 5.26 Å². The average molecular weight is 350 g/mol. The molecule has 1 saturated heterocycles. The van der Waals surface area contributed by atoms with Crippen LogP contribution >= 0.6 is 0 Å². The number of aryl methyl sites for hydroxylation is 1. The fraction of sp³-hybridized carbons (Fsp3) is 0.450. The summed E-state index contributed by atoms with van der Waals surface area (Å²) in [6.45, 7) is 7.27. The molecule has 2 aromatic rings. The van der Waals surface area contributed by atoms with Crippen LogP contribution in [0.4, 0.5) is 17.5 Å². The summed E-state index contributed by atoms with van der Waals surface area (Å²) >= 11 is 0. The van der Waals surface area contributed by atoms with Gasteiger partial charge in [0.25, 0.3) is 0 Å². The van der Waals surface area contributed by atoms with E-state index in [0.717, 1.165) is 56.1 Å². The zero-order valence-corrected chi connectivity index (χ0v) is 15.5. The second-order valence-corrected chi connectivity index (χ2v) is 6.60. The third-order valence-electron chi connectivity index (χ3n) is 4.52. The first kappa shape index (κ1) is 18.2. The molecule has 6 nitrogen and oxygen atoms in total. The van der Waals surface area contributed by atoms with E-state index in [1.807, 2.05) is 18.2 Å². The Kier molecular flexibility index (Phi) is 6.03. The fourth-order valence-electron chi connectivity index (χ4n) is 3.30. The van der Waals surface area contributed by atoms with Gasteiger partial charge in [-0.2, -0.15) is 10.2 Å². The molecule has 0 spiro atoms. The average Bonchev–Trinajstić information content (AvgIpc) is 3.11. The summed E-state index contributed by atoms with van der Waals surface area (Å²) in [5.74, 6) is 1.57. The largest absolute Gasteiger partial charge is 0.355 e. The van der Waals surface area contributed by atoms with Gasteiger partial charge >= 0.3 is 0 Å². The number of anilines is 3. The molecule has 136 valence electrons. The summed E-state index contributed by atoms with van der Waals surface area (Å²) in [4.78, 5) is 11.7. The quantitative estimate of drug-likeness (QED) is 0.798. The molecule has 2 N–H and O–H groups in total. The van der Waals surface area contributed by atoms with Gasteiger partial charge < -0.3 is 15.5 Å². The molecule has 1 atom stereocenters. The van der Waals surface area contributed by atoms with Gasteiger partial charge in [-0.25, -0.2) is 4.98 Å². The molecule has 2 heterocycles. The van der Waals surface area contributed by atoms with Gasteiger partial charge in [0.2, 0.25) is 5.95 Å². The van der Waals surface area contributed by atoms with Gasteiger partial charge in [0, 0.05) is 36.6 Å². The molecule has 1 aliphatic heterocycles. The van der Waals surface area contributed by atoms with Crippen molar-refractivity contribution in [3.05, 3.63) is 41.6 Å². The van der Waals surface area contributed by atoms with Gasteiger partial charge in [0.15, 0.2) is 0 Å². The molecule has 0 bridgehead atoms. The van der Waals surface area contributed by atoms with E-state index in [1.165, 1.54) is 0 Å². The van der Waals surface area contributed by atoms with Crippen LogP contribution in [0.3, 0.4) is 0 Å². The zero-order valence-electron chi connectivity index (χ0n) is 15.5. The van der Waals surface area contributed by atoms with Crippen molar-refractivity contribution < 1.29 is 0 Å². The lowest BCUT2D eigenvalue weighted by molar-refractivity contribution is 0.571. The Morgan fingerprint density at radius 1 is 1.27 bits per heavy atom. The maximum absolute atomic E-state index is 9.08. The lowest BCUT2D eigenvalue weighted by atomic mass is 10.2. The lowest BCUT2D eigenvalue weighted by Crippen LogP contribution is -2.32. The molecule has 1 unspecified atom stereocenters.